The Labute approximate surface area is 241 Å². The van der Waals surface area contributed by atoms with Crippen molar-refractivity contribution in [2.24, 2.45) is 0 Å². The maximum atomic E-state index is 2.35. The molecule has 0 saturated heterocycles. The lowest BCUT2D eigenvalue weighted by Crippen LogP contribution is -2.11. The van der Waals surface area contributed by atoms with E-state index in [4.69, 9.17) is 0 Å². The fraction of sp³-hybridized carbons (Fsp3) is 0. The van der Waals surface area contributed by atoms with Gasteiger partial charge in [-0.2, -0.15) is 0 Å². The van der Waals surface area contributed by atoms with Gasteiger partial charge in [-0.15, -0.1) is 0 Å². The van der Waals surface area contributed by atoms with Crippen molar-refractivity contribution in [3.8, 4) is 33.4 Å². The molecule has 0 fully saturated rings. The summed E-state index contributed by atoms with van der Waals surface area (Å²) in [6.07, 6.45) is 0. The standard InChI is InChI=1S/C40H29N/c1-3-13-32(14-4-1)39-22-9-10-24-40(39)41(35-19-5-2-6-20-35)36-27-25-30(26-28-36)33-17-11-18-34(29-33)38-23-12-16-31-15-7-8-21-37(31)38/h1-29H. The first-order valence-electron chi connectivity index (χ1n) is 14.0. The van der Waals surface area contributed by atoms with Crippen LogP contribution in [0.1, 0.15) is 0 Å². The summed E-state index contributed by atoms with van der Waals surface area (Å²) in [6, 6.07) is 62.8. The number of rotatable bonds is 6. The van der Waals surface area contributed by atoms with E-state index in [1.54, 1.807) is 0 Å². The van der Waals surface area contributed by atoms with Crippen molar-refractivity contribution in [3.05, 3.63) is 176 Å². The van der Waals surface area contributed by atoms with Gasteiger partial charge < -0.3 is 4.90 Å². The summed E-state index contributed by atoms with van der Waals surface area (Å²) < 4.78 is 0. The second-order valence-corrected chi connectivity index (χ2v) is 10.2. The highest BCUT2D eigenvalue weighted by Crippen LogP contribution is 2.41. The fourth-order valence-corrected chi connectivity index (χ4v) is 5.68. The van der Waals surface area contributed by atoms with Crippen molar-refractivity contribution in [1.82, 2.24) is 0 Å². The zero-order chi connectivity index (χ0) is 27.4. The van der Waals surface area contributed by atoms with E-state index in [0.29, 0.717) is 0 Å². The number of nitrogens with zero attached hydrogens (tertiary/aromatic N) is 1. The van der Waals surface area contributed by atoms with Gasteiger partial charge in [0.25, 0.3) is 0 Å². The molecule has 0 aromatic heterocycles. The largest absolute Gasteiger partial charge is 0.310 e. The van der Waals surface area contributed by atoms with Crippen molar-refractivity contribution >= 4 is 27.8 Å². The molecule has 0 saturated carbocycles. The molecule has 0 aliphatic rings. The van der Waals surface area contributed by atoms with Gasteiger partial charge in [-0.3, -0.25) is 0 Å². The molecule has 0 amide bonds. The maximum Gasteiger partial charge on any atom is 0.0540 e. The zero-order valence-electron chi connectivity index (χ0n) is 22.7. The van der Waals surface area contributed by atoms with Crippen molar-refractivity contribution in [2.75, 3.05) is 4.90 Å². The molecule has 1 nitrogen and oxygen atoms in total. The topological polar surface area (TPSA) is 3.24 Å². The van der Waals surface area contributed by atoms with E-state index in [2.05, 4.69) is 181 Å². The molecule has 0 unspecified atom stereocenters. The molecule has 0 spiro atoms. The first-order chi connectivity index (χ1) is 20.3. The zero-order valence-corrected chi connectivity index (χ0v) is 22.7. The van der Waals surface area contributed by atoms with Gasteiger partial charge in [-0.05, 0) is 75.0 Å². The van der Waals surface area contributed by atoms with E-state index in [1.807, 2.05) is 0 Å². The van der Waals surface area contributed by atoms with Crippen LogP contribution in [0.25, 0.3) is 44.2 Å². The highest BCUT2D eigenvalue weighted by molar-refractivity contribution is 5.97. The van der Waals surface area contributed by atoms with Crippen molar-refractivity contribution in [2.45, 2.75) is 0 Å². The Morgan fingerprint density at radius 3 is 1.71 bits per heavy atom. The molecule has 1 heteroatoms. The Bertz CT molecular complexity index is 1920. The predicted molar refractivity (Wildman–Crippen MR) is 175 cm³/mol. The van der Waals surface area contributed by atoms with Gasteiger partial charge in [-0.1, -0.05) is 140 Å². The summed E-state index contributed by atoms with van der Waals surface area (Å²) in [6.45, 7) is 0. The second kappa shape index (κ2) is 11.0. The van der Waals surface area contributed by atoms with Crippen LogP contribution in [0.5, 0.6) is 0 Å². The molecule has 194 valence electrons. The molecule has 0 radical (unpaired) electrons. The van der Waals surface area contributed by atoms with Gasteiger partial charge in [0.2, 0.25) is 0 Å². The van der Waals surface area contributed by atoms with Crippen LogP contribution < -0.4 is 4.90 Å². The highest BCUT2D eigenvalue weighted by Gasteiger charge is 2.17. The van der Waals surface area contributed by atoms with Crippen LogP contribution in [-0.2, 0) is 0 Å². The molecule has 7 aromatic rings. The average Bonchev–Trinajstić information content (AvgIpc) is 3.06. The lowest BCUT2D eigenvalue weighted by atomic mass is 9.95. The molecule has 0 heterocycles. The summed E-state index contributed by atoms with van der Waals surface area (Å²) in [7, 11) is 0. The summed E-state index contributed by atoms with van der Waals surface area (Å²) in [5.74, 6) is 0. The summed E-state index contributed by atoms with van der Waals surface area (Å²) in [4.78, 5) is 2.35. The lowest BCUT2D eigenvalue weighted by molar-refractivity contribution is 1.28. The van der Waals surface area contributed by atoms with Gasteiger partial charge >= 0.3 is 0 Å². The molecular formula is C40H29N. The maximum absolute atomic E-state index is 2.35. The van der Waals surface area contributed by atoms with E-state index in [1.165, 1.54) is 44.2 Å². The molecule has 0 bridgehead atoms. The van der Waals surface area contributed by atoms with Crippen molar-refractivity contribution < 1.29 is 0 Å². The lowest BCUT2D eigenvalue weighted by Gasteiger charge is -2.28. The minimum atomic E-state index is 1.12. The minimum absolute atomic E-state index is 1.12. The number of hydrogen-bond donors (Lipinski definition) is 0. The first kappa shape index (κ1) is 24.6. The molecular weight excluding hydrogens is 494 g/mol. The predicted octanol–water partition coefficient (Wildman–Crippen LogP) is 11.3. The fourth-order valence-electron chi connectivity index (χ4n) is 5.68. The third-order valence-electron chi connectivity index (χ3n) is 7.67. The van der Waals surface area contributed by atoms with E-state index in [9.17, 15) is 0 Å². The Morgan fingerprint density at radius 1 is 0.317 bits per heavy atom. The molecule has 0 aliphatic carbocycles. The normalized spacial score (nSPS) is 10.9. The van der Waals surface area contributed by atoms with Crippen LogP contribution in [0.3, 0.4) is 0 Å². The van der Waals surface area contributed by atoms with Gasteiger partial charge in [0.05, 0.1) is 5.69 Å². The highest BCUT2D eigenvalue weighted by atomic mass is 15.1. The molecule has 7 rings (SSSR count). The number of hydrogen-bond acceptors (Lipinski definition) is 1. The van der Waals surface area contributed by atoms with E-state index in [0.717, 1.165) is 17.1 Å². The SMILES string of the molecule is c1ccc(-c2ccccc2N(c2ccccc2)c2ccc(-c3cccc(-c4cccc5ccccc45)c3)cc2)cc1. The van der Waals surface area contributed by atoms with Crippen LogP contribution in [0, 0.1) is 0 Å². The van der Waals surface area contributed by atoms with Crippen LogP contribution >= 0.6 is 0 Å². The third-order valence-corrected chi connectivity index (χ3v) is 7.67. The minimum Gasteiger partial charge on any atom is -0.310 e. The second-order valence-electron chi connectivity index (χ2n) is 10.2. The third kappa shape index (κ3) is 4.90. The summed E-state index contributed by atoms with van der Waals surface area (Å²) in [5, 5.41) is 2.54. The Kier molecular flexibility index (Phi) is 6.61. The molecule has 41 heavy (non-hydrogen) atoms. The van der Waals surface area contributed by atoms with Crippen LogP contribution in [0.4, 0.5) is 17.1 Å². The number of anilines is 3. The quantitative estimate of drug-likeness (QED) is 0.209. The molecule has 0 atom stereocenters. The first-order valence-corrected chi connectivity index (χ1v) is 14.0. The van der Waals surface area contributed by atoms with Gasteiger partial charge in [-0.25, -0.2) is 0 Å². The number of benzene rings is 7. The van der Waals surface area contributed by atoms with Crippen molar-refractivity contribution in [3.63, 3.8) is 0 Å². The van der Waals surface area contributed by atoms with Crippen molar-refractivity contribution in [1.29, 1.82) is 0 Å². The average molecular weight is 524 g/mol. The summed E-state index contributed by atoms with van der Waals surface area (Å²) >= 11 is 0. The van der Waals surface area contributed by atoms with Gasteiger partial charge in [0, 0.05) is 16.9 Å². The van der Waals surface area contributed by atoms with E-state index < -0.39 is 0 Å². The monoisotopic (exact) mass is 523 g/mol. The number of fused-ring (bicyclic) bond motifs is 1. The van der Waals surface area contributed by atoms with Crippen LogP contribution in [0.15, 0.2) is 176 Å². The number of para-hydroxylation sites is 2. The smallest absolute Gasteiger partial charge is 0.0540 e. The molecule has 7 aromatic carbocycles. The van der Waals surface area contributed by atoms with Crippen LogP contribution in [-0.4, -0.2) is 0 Å². The van der Waals surface area contributed by atoms with Gasteiger partial charge in [0.1, 0.15) is 0 Å². The van der Waals surface area contributed by atoms with Gasteiger partial charge in [0.15, 0.2) is 0 Å². The molecule has 0 N–H and O–H groups in total. The Morgan fingerprint density at radius 2 is 0.878 bits per heavy atom. The van der Waals surface area contributed by atoms with E-state index >= 15 is 0 Å². The Hall–Kier alpha value is -5.40. The summed E-state index contributed by atoms with van der Waals surface area (Å²) in [5.41, 5.74) is 10.7. The van der Waals surface area contributed by atoms with E-state index in [-0.39, 0.29) is 0 Å². The molecule has 0 aliphatic heterocycles. The Balaban J connectivity index is 1.29. The van der Waals surface area contributed by atoms with Crippen LogP contribution in [0.2, 0.25) is 0 Å².